The Morgan fingerprint density at radius 3 is 2.53 bits per heavy atom. The molecule has 82 valence electrons. The van der Waals surface area contributed by atoms with Crippen LogP contribution in [0.3, 0.4) is 0 Å². The van der Waals surface area contributed by atoms with Gasteiger partial charge in [0, 0.05) is 10.9 Å². The molecule has 0 saturated heterocycles. The first-order valence-corrected chi connectivity index (χ1v) is 5.40. The lowest BCUT2D eigenvalue weighted by Gasteiger charge is -2.09. The second-order valence-electron chi connectivity index (χ2n) is 3.24. The van der Waals surface area contributed by atoms with Crippen molar-refractivity contribution >= 4 is 29.2 Å². The molecule has 4 heteroatoms. The molecule has 15 heavy (non-hydrogen) atoms. The third-order valence-corrected chi connectivity index (χ3v) is 2.80. The number of esters is 1. The molecule has 0 bridgehead atoms. The molecule has 1 rings (SSSR count). The molecule has 0 heterocycles. The summed E-state index contributed by atoms with van der Waals surface area (Å²) < 4.78 is 4.61. The van der Waals surface area contributed by atoms with Gasteiger partial charge in [0.2, 0.25) is 0 Å². The predicted octanol–water partition coefficient (Wildman–Crippen LogP) is 3.10. The van der Waals surface area contributed by atoms with Crippen molar-refractivity contribution in [2.75, 3.05) is 7.11 Å². The molecule has 1 aromatic carbocycles. The number of carbonyl (C=O) groups is 1. The Labute approximate surface area is 99.1 Å². The topological polar surface area (TPSA) is 26.3 Å². The number of rotatable bonds is 3. The lowest BCUT2D eigenvalue weighted by Crippen LogP contribution is -2.06. The highest BCUT2D eigenvalue weighted by atomic mass is 35.5. The van der Waals surface area contributed by atoms with Crippen molar-refractivity contribution in [1.82, 2.24) is 0 Å². The van der Waals surface area contributed by atoms with Crippen molar-refractivity contribution in [2.45, 2.75) is 19.2 Å². The van der Waals surface area contributed by atoms with Crippen LogP contribution in [0.15, 0.2) is 12.1 Å². The maximum atomic E-state index is 11.1. The Bertz CT molecular complexity index is 375. The van der Waals surface area contributed by atoms with E-state index in [1.165, 1.54) is 7.11 Å². The average molecular weight is 247 g/mol. The fourth-order valence-electron chi connectivity index (χ4n) is 1.35. The van der Waals surface area contributed by atoms with E-state index in [4.69, 9.17) is 23.2 Å². The van der Waals surface area contributed by atoms with Gasteiger partial charge in [0.15, 0.2) is 0 Å². The van der Waals surface area contributed by atoms with E-state index in [2.05, 4.69) is 4.74 Å². The van der Waals surface area contributed by atoms with Gasteiger partial charge in [-0.1, -0.05) is 11.6 Å². The lowest BCUT2D eigenvalue weighted by molar-refractivity contribution is -0.139. The molecule has 0 aliphatic rings. The Balaban J connectivity index is 3.06. The average Bonchev–Trinajstić information content (AvgIpc) is 2.22. The molecule has 1 aromatic rings. The second kappa shape index (κ2) is 5.38. The third kappa shape index (κ3) is 3.11. The number of hydrogen-bond donors (Lipinski definition) is 0. The molecule has 0 aromatic heterocycles. The van der Waals surface area contributed by atoms with Crippen LogP contribution in [0.4, 0.5) is 0 Å². The van der Waals surface area contributed by atoms with Crippen LogP contribution in [0.25, 0.3) is 0 Å². The molecule has 0 fully saturated rings. The molecule has 0 saturated carbocycles. The fraction of sp³-hybridized carbons (Fsp3) is 0.364. The van der Waals surface area contributed by atoms with Crippen molar-refractivity contribution in [3.05, 3.63) is 33.8 Å². The number of hydrogen-bond acceptors (Lipinski definition) is 2. The Kier molecular flexibility index (Phi) is 4.43. The standard InChI is InChI=1S/C11H12Cl2O2/c1-7-8(5-11(14)15-2)3-10(13)4-9(7)6-12/h3-4H,5-6H2,1-2H3. The van der Waals surface area contributed by atoms with Gasteiger partial charge in [0.05, 0.1) is 13.5 Å². The van der Waals surface area contributed by atoms with E-state index < -0.39 is 0 Å². The van der Waals surface area contributed by atoms with Crippen molar-refractivity contribution in [3.63, 3.8) is 0 Å². The minimum absolute atomic E-state index is 0.229. The van der Waals surface area contributed by atoms with E-state index in [9.17, 15) is 4.79 Å². The highest BCUT2D eigenvalue weighted by molar-refractivity contribution is 6.30. The van der Waals surface area contributed by atoms with Crippen LogP contribution >= 0.6 is 23.2 Å². The van der Waals surface area contributed by atoms with E-state index >= 15 is 0 Å². The van der Waals surface area contributed by atoms with Crippen LogP contribution in [0.5, 0.6) is 0 Å². The number of halogens is 2. The van der Waals surface area contributed by atoms with Crippen LogP contribution in [0.1, 0.15) is 16.7 Å². The van der Waals surface area contributed by atoms with Crippen LogP contribution in [0, 0.1) is 6.92 Å². The quantitative estimate of drug-likeness (QED) is 0.606. The van der Waals surface area contributed by atoms with Crippen molar-refractivity contribution < 1.29 is 9.53 Å². The fourth-order valence-corrected chi connectivity index (χ4v) is 1.89. The maximum absolute atomic E-state index is 11.1. The molecule has 2 nitrogen and oxygen atoms in total. The van der Waals surface area contributed by atoms with Gasteiger partial charge in [-0.3, -0.25) is 4.79 Å². The highest BCUT2D eigenvalue weighted by Crippen LogP contribution is 2.22. The van der Waals surface area contributed by atoms with E-state index in [1.807, 2.05) is 13.0 Å². The first-order chi connectivity index (χ1) is 7.08. The van der Waals surface area contributed by atoms with Crippen molar-refractivity contribution in [1.29, 1.82) is 0 Å². The zero-order valence-corrected chi connectivity index (χ0v) is 10.2. The van der Waals surface area contributed by atoms with E-state index in [0.717, 1.165) is 16.7 Å². The van der Waals surface area contributed by atoms with E-state index in [1.54, 1.807) is 6.07 Å². The van der Waals surface area contributed by atoms with Gasteiger partial charge in [0.25, 0.3) is 0 Å². The van der Waals surface area contributed by atoms with Gasteiger partial charge in [-0.15, -0.1) is 11.6 Å². The van der Waals surface area contributed by atoms with Crippen molar-refractivity contribution in [2.24, 2.45) is 0 Å². The zero-order chi connectivity index (χ0) is 11.4. The third-order valence-electron chi connectivity index (χ3n) is 2.29. The normalized spacial score (nSPS) is 10.1. The summed E-state index contributed by atoms with van der Waals surface area (Å²) in [5.74, 6) is 0.112. The van der Waals surface area contributed by atoms with Crippen molar-refractivity contribution in [3.8, 4) is 0 Å². The number of alkyl halides is 1. The van der Waals surface area contributed by atoms with E-state index in [-0.39, 0.29) is 12.4 Å². The Hall–Kier alpha value is -0.730. The largest absolute Gasteiger partial charge is 0.469 e. The van der Waals surface area contributed by atoms with E-state index in [0.29, 0.717) is 10.9 Å². The SMILES string of the molecule is COC(=O)Cc1cc(Cl)cc(CCl)c1C. The number of ether oxygens (including phenoxy) is 1. The monoisotopic (exact) mass is 246 g/mol. The van der Waals surface area contributed by atoms with Crippen LogP contribution in [0.2, 0.25) is 5.02 Å². The Morgan fingerprint density at radius 1 is 1.40 bits per heavy atom. The summed E-state index contributed by atoms with van der Waals surface area (Å²) in [6, 6.07) is 3.58. The lowest BCUT2D eigenvalue weighted by atomic mass is 10.0. The molecule has 0 atom stereocenters. The van der Waals surface area contributed by atoms with Gasteiger partial charge >= 0.3 is 5.97 Å². The minimum Gasteiger partial charge on any atom is -0.469 e. The van der Waals surface area contributed by atoms with Gasteiger partial charge in [-0.2, -0.15) is 0 Å². The van der Waals surface area contributed by atoms with Gasteiger partial charge < -0.3 is 4.74 Å². The molecule has 0 unspecified atom stereocenters. The summed E-state index contributed by atoms with van der Waals surface area (Å²) >= 11 is 11.7. The summed E-state index contributed by atoms with van der Waals surface area (Å²) in [6.07, 6.45) is 0.229. The Morgan fingerprint density at radius 2 is 2.00 bits per heavy atom. The summed E-state index contributed by atoms with van der Waals surface area (Å²) in [7, 11) is 1.37. The summed E-state index contributed by atoms with van der Waals surface area (Å²) in [4.78, 5) is 11.1. The molecule has 0 aliphatic heterocycles. The summed E-state index contributed by atoms with van der Waals surface area (Å²) in [6.45, 7) is 1.92. The predicted molar refractivity (Wildman–Crippen MR) is 61.5 cm³/mol. The van der Waals surface area contributed by atoms with Crippen LogP contribution in [-0.2, 0) is 21.8 Å². The summed E-state index contributed by atoms with van der Waals surface area (Å²) in [5, 5.41) is 0.593. The molecule has 0 amide bonds. The smallest absolute Gasteiger partial charge is 0.309 e. The first kappa shape index (κ1) is 12.3. The van der Waals surface area contributed by atoms with Crippen LogP contribution in [-0.4, -0.2) is 13.1 Å². The highest BCUT2D eigenvalue weighted by Gasteiger charge is 2.10. The van der Waals surface area contributed by atoms with Gasteiger partial charge in [-0.25, -0.2) is 0 Å². The van der Waals surface area contributed by atoms with Gasteiger partial charge in [0.1, 0.15) is 0 Å². The summed E-state index contributed by atoms with van der Waals surface area (Å²) in [5.41, 5.74) is 2.81. The molecule has 0 N–H and O–H groups in total. The van der Waals surface area contributed by atoms with Crippen LogP contribution < -0.4 is 0 Å². The number of carbonyl (C=O) groups excluding carboxylic acids is 1. The number of benzene rings is 1. The molecule has 0 radical (unpaired) electrons. The minimum atomic E-state index is -0.277. The number of methoxy groups -OCH3 is 1. The van der Waals surface area contributed by atoms with Gasteiger partial charge in [-0.05, 0) is 35.7 Å². The molecular weight excluding hydrogens is 235 g/mol. The first-order valence-electron chi connectivity index (χ1n) is 4.49. The maximum Gasteiger partial charge on any atom is 0.309 e. The molecule has 0 aliphatic carbocycles. The molecular formula is C11H12Cl2O2. The zero-order valence-electron chi connectivity index (χ0n) is 8.64. The molecule has 0 spiro atoms. The second-order valence-corrected chi connectivity index (χ2v) is 3.94.